The molecule has 0 unspecified atom stereocenters. The number of aliphatic hydroxyl groups excluding tert-OH is 1. The number of nitrogens with two attached hydrogens (primary N) is 1. The number of nitrogens with zero attached hydrogens (tertiary/aromatic N) is 1. The number of halogens is 1. The van der Waals surface area contributed by atoms with Crippen LogP contribution in [-0.2, 0) is 4.79 Å². The number of carbonyl (C=O) groups is 1. The molecule has 4 nitrogen and oxygen atoms in total. The van der Waals surface area contributed by atoms with Gasteiger partial charge in [-0.05, 0) is 53.1 Å². The molecule has 0 bridgehead atoms. The van der Waals surface area contributed by atoms with Crippen molar-refractivity contribution in [3.8, 4) is 0 Å². The third-order valence-corrected chi connectivity index (χ3v) is 3.90. The molecule has 1 heterocycles. The summed E-state index contributed by atoms with van der Waals surface area (Å²) in [6.07, 6.45) is 1.11. The summed E-state index contributed by atoms with van der Waals surface area (Å²) >= 11 is 2.17. The number of benzene rings is 1. The first kappa shape index (κ1) is 13.8. The zero-order valence-electron chi connectivity index (χ0n) is 10.1. The van der Waals surface area contributed by atoms with E-state index in [4.69, 9.17) is 5.73 Å². The number of rotatable bonds is 3. The maximum absolute atomic E-state index is 12.1. The second-order valence-electron chi connectivity index (χ2n) is 4.56. The maximum Gasteiger partial charge on any atom is 0.242 e. The Morgan fingerprint density at radius 3 is 2.67 bits per heavy atom. The highest BCUT2D eigenvalue weighted by Gasteiger charge is 2.29. The Kier molecular flexibility index (Phi) is 4.58. The molecule has 1 aliphatic heterocycles. The van der Waals surface area contributed by atoms with E-state index < -0.39 is 12.1 Å². The van der Waals surface area contributed by atoms with Crippen LogP contribution in [0.4, 0.5) is 0 Å². The third-order valence-electron chi connectivity index (χ3n) is 3.23. The van der Waals surface area contributed by atoms with Crippen molar-refractivity contribution in [2.24, 2.45) is 5.73 Å². The maximum atomic E-state index is 12.1. The molecule has 1 aromatic rings. The molecule has 0 spiro atoms. The topological polar surface area (TPSA) is 66.6 Å². The fraction of sp³-hybridized carbons (Fsp3) is 0.462. The van der Waals surface area contributed by atoms with Gasteiger partial charge in [-0.2, -0.15) is 0 Å². The van der Waals surface area contributed by atoms with Crippen molar-refractivity contribution in [2.75, 3.05) is 13.1 Å². The molecule has 3 N–H and O–H groups in total. The number of carbonyl (C=O) groups excluding carboxylic acids is 1. The molecule has 18 heavy (non-hydrogen) atoms. The Balaban J connectivity index is 2.08. The second kappa shape index (κ2) is 5.99. The summed E-state index contributed by atoms with van der Waals surface area (Å²) in [7, 11) is 0. The molecule has 1 saturated heterocycles. The summed E-state index contributed by atoms with van der Waals surface area (Å²) in [4.78, 5) is 13.8. The van der Waals surface area contributed by atoms with Crippen LogP contribution in [0.5, 0.6) is 0 Å². The minimum atomic E-state index is -0.937. The molecule has 1 aromatic carbocycles. The van der Waals surface area contributed by atoms with Crippen LogP contribution >= 0.6 is 22.6 Å². The lowest BCUT2D eigenvalue weighted by Gasteiger charge is -2.24. The fourth-order valence-electron chi connectivity index (χ4n) is 2.18. The van der Waals surface area contributed by atoms with E-state index >= 15 is 0 Å². The van der Waals surface area contributed by atoms with Crippen LogP contribution in [0, 0.1) is 3.57 Å². The Morgan fingerprint density at radius 1 is 1.39 bits per heavy atom. The molecule has 0 aliphatic carbocycles. The van der Waals surface area contributed by atoms with Crippen LogP contribution in [0.1, 0.15) is 24.5 Å². The van der Waals surface area contributed by atoms with Crippen LogP contribution in [0.2, 0.25) is 0 Å². The van der Waals surface area contributed by atoms with Gasteiger partial charge in [-0.1, -0.05) is 12.1 Å². The summed E-state index contributed by atoms with van der Waals surface area (Å²) in [5, 5.41) is 10.2. The number of likely N-dealkylation sites (tertiary alicyclic amines) is 1. The van der Waals surface area contributed by atoms with Crippen molar-refractivity contribution in [1.82, 2.24) is 4.90 Å². The zero-order valence-corrected chi connectivity index (χ0v) is 12.2. The van der Waals surface area contributed by atoms with Gasteiger partial charge in [0.05, 0.1) is 0 Å². The van der Waals surface area contributed by atoms with Crippen LogP contribution < -0.4 is 5.73 Å². The highest BCUT2D eigenvalue weighted by molar-refractivity contribution is 14.1. The quantitative estimate of drug-likeness (QED) is 0.798. The molecular formula is C13H17IN2O2. The van der Waals surface area contributed by atoms with Crippen LogP contribution in [-0.4, -0.2) is 35.0 Å². The first-order valence-corrected chi connectivity index (χ1v) is 7.15. The lowest BCUT2D eigenvalue weighted by molar-refractivity contribution is -0.134. The average molecular weight is 360 g/mol. The summed E-state index contributed by atoms with van der Waals surface area (Å²) in [5.74, 6) is -0.154. The Labute approximate surface area is 120 Å². The lowest BCUT2D eigenvalue weighted by atomic mass is 10.0. The van der Waals surface area contributed by atoms with Crippen molar-refractivity contribution in [1.29, 1.82) is 0 Å². The molecule has 1 aliphatic rings. The molecule has 0 radical (unpaired) electrons. The van der Waals surface area contributed by atoms with Crippen LogP contribution in [0.15, 0.2) is 24.3 Å². The van der Waals surface area contributed by atoms with E-state index in [9.17, 15) is 9.90 Å². The monoisotopic (exact) mass is 360 g/mol. The van der Waals surface area contributed by atoms with E-state index in [1.807, 2.05) is 18.2 Å². The van der Waals surface area contributed by atoms with E-state index in [0.717, 1.165) is 29.5 Å². The average Bonchev–Trinajstić information content (AvgIpc) is 2.90. The molecule has 5 heteroatoms. The van der Waals surface area contributed by atoms with Crippen molar-refractivity contribution < 1.29 is 9.90 Å². The van der Waals surface area contributed by atoms with Gasteiger partial charge < -0.3 is 15.7 Å². The summed E-state index contributed by atoms with van der Waals surface area (Å²) in [6, 6.07) is 6.56. The van der Waals surface area contributed by atoms with Gasteiger partial charge in [-0.3, -0.25) is 4.79 Å². The van der Waals surface area contributed by atoms with Crippen molar-refractivity contribution >= 4 is 28.5 Å². The predicted molar refractivity (Wildman–Crippen MR) is 77.9 cm³/mol. The van der Waals surface area contributed by atoms with Gasteiger partial charge in [0, 0.05) is 16.7 Å². The lowest BCUT2D eigenvalue weighted by Crippen LogP contribution is -2.45. The molecule has 0 aromatic heterocycles. The summed E-state index contributed by atoms with van der Waals surface area (Å²) in [6.45, 7) is 1.51. The third kappa shape index (κ3) is 3.02. The minimum absolute atomic E-state index is 0.154. The van der Waals surface area contributed by atoms with Gasteiger partial charge in [0.2, 0.25) is 5.91 Å². The molecular weight excluding hydrogens is 343 g/mol. The van der Waals surface area contributed by atoms with Crippen molar-refractivity contribution in [3.05, 3.63) is 33.4 Å². The van der Waals surface area contributed by atoms with E-state index in [-0.39, 0.29) is 5.91 Å². The Hall–Kier alpha value is -0.660. The zero-order chi connectivity index (χ0) is 13.1. The first-order chi connectivity index (χ1) is 8.59. The number of hydrogen-bond acceptors (Lipinski definition) is 3. The van der Waals surface area contributed by atoms with Crippen molar-refractivity contribution in [2.45, 2.75) is 25.0 Å². The number of aliphatic hydroxyl groups is 1. The van der Waals surface area contributed by atoms with Gasteiger partial charge in [-0.25, -0.2) is 0 Å². The van der Waals surface area contributed by atoms with E-state index in [2.05, 4.69) is 22.6 Å². The minimum Gasteiger partial charge on any atom is -0.386 e. The summed E-state index contributed by atoms with van der Waals surface area (Å²) in [5.41, 5.74) is 6.58. The van der Waals surface area contributed by atoms with Gasteiger partial charge >= 0.3 is 0 Å². The summed E-state index contributed by atoms with van der Waals surface area (Å²) < 4.78 is 1.02. The largest absolute Gasteiger partial charge is 0.386 e. The van der Waals surface area contributed by atoms with Crippen LogP contribution in [0.25, 0.3) is 0 Å². The standard InChI is InChI=1S/C13H17IN2O2/c14-10-5-3-4-9(8-10)12(17)11(15)13(18)16-6-1-2-7-16/h3-5,8,11-12,17H,1-2,6-7,15H2/t11-,12+/m1/s1. The molecule has 1 amide bonds. The van der Waals surface area contributed by atoms with E-state index in [1.54, 1.807) is 11.0 Å². The van der Waals surface area contributed by atoms with Crippen LogP contribution in [0.3, 0.4) is 0 Å². The number of hydrogen-bond donors (Lipinski definition) is 2. The van der Waals surface area contributed by atoms with E-state index in [1.165, 1.54) is 0 Å². The Bertz CT molecular complexity index is 433. The molecule has 0 saturated carbocycles. The Morgan fingerprint density at radius 2 is 2.06 bits per heavy atom. The fourth-order valence-corrected chi connectivity index (χ4v) is 2.75. The predicted octanol–water partition coefficient (Wildman–Crippen LogP) is 1.27. The molecule has 2 rings (SSSR count). The first-order valence-electron chi connectivity index (χ1n) is 6.07. The highest BCUT2D eigenvalue weighted by Crippen LogP contribution is 2.20. The van der Waals surface area contributed by atoms with Gasteiger partial charge in [0.1, 0.15) is 12.1 Å². The van der Waals surface area contributed by atoms with Gasteiger partial charge in [-0.15, -0.1) is 0 Å². The normalized spacial score (nSPS) is 18.7. The SMILES string of the molecule is N[C@@H](C(=O)N1CCCC1)[C@@H](O)c1cccc(I)c1. The van der Waals surface area contributed by atoms with Crippen molar-refractivity contribution in [3.63, 3.8) is 0 Å². The van der Waals surface area contributed by atoms with Gasteiger partial charge in [0.25, 0.3) is 0 Å². The molecule has 1 fully saturated rings. The highest BCUT2D eigenvalue weighted by atomic mass is 127. The molecule has 2 atom stereocenters. The number of amides is 1. The molecule has 98 valence electrons. The van der Waals surface area contributed by atoms with E-state index in [0.29, 0.717) is 5.56 Å². The second-order valence-corrected chi connectivity index (χ2v) is 5.80. The smallest absolute Gasteiger partial charge is 0.242 e. The van der Waals surface area contributed by atoms with Gasteiger partial charge in [0.15, 0.2) is 0 Å².